The van der Waals surface area contributed by atoms with Crippen molar-refractivity contribution in [2.75, 3.05) is 13.7 Å². The van der Waals surface area contributed by atoms with Crippen molar-refractivity contribution in [1.82, 2.24) is 10.2 Å². The summed E-state index contributed by atoms with van der Waals surface area (Å²) in [6, 6.07) is 0. The molecule has 0 unspecified atom stereocenters. The first-order chi connectivity index (χ1) is 4.97. The van der Waals surface area contributed by atoms with Gasteiger partial charge in [-0.25, -0.2) is 0 Å². The van der Waals surface area contributed by atoms with Crippen LogP contribution in [0.2, 0.25) is 0 Å². The third kappa shape index (κ3) is 2.83. The van der Waals surface area contributed by atoms with Crippen molar-refractivity contribution in [2.24, 2.45) is 5.41 Å². The van der Waals surface area contributed by atoms with Gasteiger partial charge in [0, 0.05) is 18.9 Å². The van der Waals surface area contributed by atoms with Crippen molar-refractivity contribution in [2.45, 2.75) is 27.2 Å². The zero-order valence-corrected chi connectivity index (χ0v) is 7.94. The SMILES string of the molecule is CN1C=C(CC(C)(C)C)NC1. The van der Waals surface area contributed by atoms with Crippen molar-refractivity contribution >= 4 is 0 Å². The predicted molar refractivity (Wildman–Crippen MR) is 47.9 cm³/mol. The summed E-state index contributed by atoms with van der Waals surface area (Å²) in [6.07, 6.45) is 3.32. The molecule has 0 saturated carbocycles. The molecule has 0 saturated heterocycles. The minimum absolute atomic E-state index is 0.393. The maximum absolute atomic E-state index is 3.35. The lowest BCUT2D eigenvalue weighted by Gasteiger charge is -2.18. The Labute approximate surface area is 69.3 Å². The Balaban J connectivity index is 2.45. The normalized spacial score (nSPS) is 18.2. The summed E-state index contributed by atoms with van der Waals surface area (Å²) >= 11 is 0. The standard InChI is InChI=1S/C9H18N2/c1-9(2,3)5-8-6-11(4)7-10-8/h6,10H,5,7H2,1-4H3. The molecule has 0 fully saturated rings. The monoisotopic (exact) mass is 154 g/mol. The number of rotatable bonds is 1. The molecule has 1 aliphatic rings. The smallest absolute Gasteiger partial charge is 0.0866 e. The Hall–Kier alpha value is -0.660. The van der Waals surface area contributed by atoms with Crippen molar-refractivity contribution in [3.8, 4) is 0 Å². The molecule has 0 atom stereocenters. The van der Waals surface area contributed by atoms with Gasteiger partial charge in [-0.05, 0) is 11.8 Å². The second-order valence-corrected chi connectivity index (χ2v) is 4.48. The largest absolute Gasteiger partial charge is 0.370 e. The molecule has 2 nitrogen and oxygen atoms in total. The first-order valence-corrected chi connectivity index (χ1v) is 4.12. The van der Waals surface area contributed by atoms with Gasteiger partial charge in [-0.3, -0.25) is 0 Å². The van der Waals surface area contributed by atoms with E-state index in [9.17, 15) is 0 Å². The molecule has 0 radical (unpaired) electrons. The van der Waals surface area contributed by atoms with Crippen LogP contribution in [-0.4, -0.2) is 18.6 Å². The lowest BCUT2D eigenvalue weighted by atomic mass is 9.91. The van der Waals surface area contributed by atoms with Crippen LogP contribution in [0.4, 0.5) is 0 Å². The fourth-order valence-corrected chi connectivity index (χ4v) is 1.26. The Morgan fingerprint density at radius 3 is 2.55 bits per heavy atom. The Kier molecular flexibility index (Phi) is 2.12. The van der Waals surface area contributed by atoms with Gasteiger partial charge in [0.05, 0.1) is 6.67 Å². The van der Waals surface area contributed by atoms with Crippen molar-refractivity contribution in [1.29, 1.82) is 0 Å². The van der Waals surface area contributed by atoms with Crippen LogP contribution in [0.5, 0.6) is 0 Å². The summed E-state index contributed by atoms with van der Waals surface area (Å²) in [6.45, 7) is 7.74. The van der Waals surface area contributed by atoms with Gasteiger partial charge in [-0.2, -0.15) is 0 Å². The van der Waals surface area contributed by atoms with Gasteiger partial charge >= 0.3 is 0 Å². The fourth-order valence-electron chi connectivity index (χ4n) is 1.26. The number of hydrogen-bond acceptors (Lipinski definition) is 2. The van der Waals surface area contributed by atoms with Crippen molar-refractivity contribution < 1.29 is 0 Å². The summed E-state index contributed by atoms with van der Waals surface area (Å²) < 4.78 is 0. The maximum Gasteiger partial charge on any atom is 0.0866 e. The average molecular weight is 154 g/mol. The number of allylic oxidation sites excluding steroid dienone is 1. The van der Waals surface area contributed by atoms with Gasteiger partial charge < -0.3 is 10.2 Å². The van der Waals surface area contributed by atoms with E-state index in [0.717, 1.165) is 13.1 Å². The molecule has 0 aromatic carbocycles. The zero-order valence-electron chi connectivity index (χ0n) is 7.94. The molecular formula is C9H18N2. The van der Waals surface area contributed by atoms with E-state index in [2.05, 4.69) is 44.2 Å². The molecule has 11 heavy (non-hydrogen) atoms. The van der Waals surface area contributed by atoms with Crippen LogP contribution in [0.25, 0.3) is 0 Å². The first kappa shape index (κ1) is 8.44. The molecule has 0 aromatic rings. The molecule has 0 aromatic heterocycles. The van der Waals surface area contributed by atoms with E-state index in [1.165, 1.54) is 5.70 Å². The number of hydrogen-bond donors (Lipinski definition) is 1. The van der Waals surface area contributed by atoms with E-state index in [1.807, 2.05) is 0 Å². The molecule has 64 valence electrons. The lowest BCUT2D eigenvalue weighted by Crippen LogP contribution is -2.19. The fraction of sp³-hybridized carbons (Fsp3) is 0.778. The van der Waals surface area contributed by atoms with E-state index >= 15 is 0 Å². The van der Waals surface area contributed by atoms with E-state index in [0.29, 0.717) is 5.41 Å². The van der Waals surface area contributed by atoms with Gasteiger partial charge in [0.25, 0.3) is 0 Å². The first-order valence-electron chi connectivity index (χ1n) is 4.12. The van der Waals surface area contributed by atoms with Gasteiger partial charge in [0.15, 0.2) is 0 Å². The molecule has 1 N–H and O–H groups in total. The predicted octanol–water partition coefficient (Wildman–Crippen LogP) is 1.76. The maximum atomic E-state index is 3.35. The summed E-state index contributed by atoms with van der Waals surface area (Å²) in [5.41, 5.74) is 1.75. The number of nitrogens with one attached hydrogen (secondary N) is 1. The highest BCUT2D eigenvalue weighted by Crippen LogP contribution is 2.23. The third-order valence-corrected chi connectivity index (χ3v) is 1.65. The quantitative estimate of drug-likeness (QED) is 0.619. The van der Waals surface area contributed by atoms with Gasteiger partial charge in [0.2, 0.25) is 0 Å². The summed E-state index contributed by atoms with van der Waals surface area (Å²) in [5, 5.41) is 3.35. The van der Waals surface area contributed by atoms with E-state index < -0.39 is 0 Å². The summed E-state index contributed by atoms with van der Waals surface area (Å²) in [7, 11) is 2.09. The van der Waals surface area contributed by atoms with E-state index in [-0.39, 0.29) is 0 Å². The van der Waals surface area contributed by atoms with Crippen LogP contribution >= 0.6 is 0 Å². The van der Waals surface area contributed by atoms with Crippen LogP contribution in [0.1, 0.15) is 27.2 Å². The van der Waals surface area contributed by atoms with Gasteiger partial charge in [0.1, 0.15) is 0 Å². The second kappa shape index (κ2) is 2.76. The van der Waals surface area contributed by atoms with Gasteiger partial charge in [-0.15, -0.1) is 0 Å². The molecule has 1 aliphatic heterocycles. The Bertz CT molecular complexity index is 165. The molecule has 0 spiro atoms. The highest BCUT2D eigenvalue weighted by atomic mass is 15.2. The van der Waals surface area contributed by atoms with Crippen LogP contribution < -0.4 is 5.32 Å². The minimum Gasteiger partial charge on any atom is -0.370 e. The summed E-state index contributed by atoms with van der Waals surface area (Å²) in [4.78, 5) is 2.17. The minimum atomic E-state index is 0.393. The van der Waals surface area contributed by atoms with Crippen LogP contribution in [0.3, 0.4) is 0 Å². The molecule has 1 heterocycles. The molecule has 0 aliphatic carbocycles. The molecular weight excluding hydrogens is 136 g/mol. The van der Waals surface area contributed by atoms with Crippen LogP contribution in [0.15, 0.2) is 11.9 Å². The third-order valence-electron chi connectivity index (χ3n) is 1.65. The van der Waals surface area contributed by atoms with E-state index in [1.54, 1.807) is 0 Å². The van der Waals surface area contributed by atoms with Crippen molar-refractivity contribution in [3.63, 3.8) is 0 Å². The Morgan fingerprint density at radius 1 is 1.55 bits per heavy atom. The van der Waals surface area contributed by atoms with E-state index in [4.69, 9.17) is 0 Å². The highest BCUT2D eigenvalue weighted by molar-refractivity contribution is 5.05. The average Bonchev–Trinajstić information content (AvgIpc) is 2.10. The number of nitrogens with zero attached hydrogens (tertiary/aromatic N) is 1. The highest BCUT2D eigenvalue weighted by Gasteiger charge is 2.16. The van der Waals surface area contributed by atoms with Crippen LogP contribution in [0, 0.1) is 5.41 Å². The second-order valence-electron chi connectivity index (χ2n) is 4.48. The zero-order chi connectivity index (χ0) is 8.48. The van der Waals surface area contributed by atoms with Gasteiger partial charge in [-0.1, -0.05) is 20.8 Å². The molecule has 0 amide bonds. The topological polar surface area (TPSA) is 15.3 Å². The molecule has 1 rings (SSSR count). The lowest BCUT2D eigenvalue weighted by molar-refractivity contribution is 0.400. The van der Waals surface area contributed by atoms with Crippen LogP contribution in [-0.2, 0) is 0 Å². The van der Waals surface area contributed by atoms with Crippen molar-refractivity contribution in [3.05, 3.63) is 11.9 Å². The molecule has 2 heteroatoms. The molecule has 0 bridgehead atoms. The Morgan fingerprint density at radius 2 is 2.18 bits per heavy atom. The summed E-state index contributed by atoms with van der Waals surface area (Å²) in [5.74, 6) is 0.